The third-order valence-electron chi connectivity index (χ3n) is 2.61. The first-order valence-electron chi connectivity index (χ1n) is 5.13. The van der Waals surface area contributed by atoms with E-state index in [-0.39, 0.29) is 0 Å². The molecule has 0 fully saturated rings. The van der Waals surface area contributed by atoms with Gasteiger partial charge in [-0.1, -0.05) is 29.3 Å². The van der Waals surface area contributed by atoms with Gasteiger partial charge in [-0.3, -0.25) is 0 Å². The number of benzene rings is 1. The molecule has 0 amide bonds. The van der Waals surface area contributed by atoms with Crippen molar-refractivity contribution in [3.05, 3.63) is 46.5 Å². The van der Waals surface area contributed by atoms with Crippen molar-refractivity contribution in [2.24, 2.45) is 0 Å². The molecule has 2 aromatic rings. The zero-order valence-corrected chi connectivity index (χ0v) is 10.3. The fraction of sp³-hybridized carbons (Fsp3) is 0.231. The summed E-state index contributed by atoms with van der Waals surface area (Å²) in [6.07, 6.45) is 3.23. The molecule has 0 bridgehead atoms. The summed E-state index contributed by atoms with van der Waals surface area (Å²) >= 11 is 6.09. The molecule has 0 aliphatic heterocycles. The number of hydrogen-bond acceptors (Lipinski definition) is 2. The van der Waals surface area contributed by atoms with Crippen molar-refractivity contribution in [2.75, 3.05) is 0 Å². The van der Waals surface area contributed by atoms with Crippen LogP contribution in [0, 0.1) is 20.8 Å². The summed E-state index contributed by atoms with van der Waals surface area (Å²) in [5.74, 6) is 0. The highest BCUT2D eigenvalue weighted by Crippen LogP contribution is 2.31. The Bertz CT molecular complexity index is 512. The molecule has 0 aliphatic carbocycles. The molecule has 0 spiro atoms. The summed E-state index contributed by atoms with van der Waals surface area (Å²) in [5, 5.41) is 0.505. The molecule has 82 valence electrons. The molecule has 1 aromatic heterocycles. The van der Waals surface area contributed by atoms with Gasteiger partial charge in [-0.25, -0.2) is 9.97 Å². The van der Waals surface area contributed by atoms with Crippen molar-refractivity contribution in [1.29, 1.82) is 0 Å². The van der Waals surface area contributed by atoms with Gasteiger partial charge in [0.25, 0.3) is 0 Å². The van der Waals surface area contributed by atoms with Crippen molar-refractivity contribution < 1.29 is 0 Å². The van der Waals surface area contributed by atoms with Crippen LogP contribution in [0.4, 0.5) is 0 Å². The summed E-state index contributed by atoms with van der Waals surface area (Å²) in [5.41, 5.74) is 5.70. The first-order chi connectivity index (χ1) is 7.59. The average molecular weight is 233 g/mol. The van der Waals surface area contributed by atoms with Crippen LogP contribution in [-0.2, 0) is 0 Å². The molecule has 2 nitrogen and oxygen atoms in total. The number of hydrogen-bond donors (Lipinski definition) is 0. The van der Waals surface area contributed by atoms with Crippen molar-refractivity contribution in [1.82, 2.24) is 9.97 Å². The van der Waals surface area contributed by atoms with E-state index in [1.165, 1.54) is 23.0 Å². The second-order valence-corrected chi connectivity index (χ2v) is 4.36. The van der Waals surface area contributed by atoms with E-state index >= 15 is 0 Å². The van der Waals surface area contributed by atoms with Crippen LogP contribution < -0.4 is 0 Å². The normalized spacial score (nSPS) is 10.5. The van der Waals surface area contributed by atoms with Crippen LogP contribution in [0.15, 0.2) is 24.7 Å². The lowest BCUT2D eigenvalue weighted by atomic mass is 9.96. The first-order valence-corrected chi connectivity index (χ1v) is 5.51. The van der Waals surface area contributed by atoms with Crippen LogP contribution in [0.25, 0.3) is 11.1 Å². The number of nitrogens with zero attached hydrogens (tertiary/aromatic N) is 2. The summed E-state index contributed by atoms with van der Waals surface area (Å²) in [6, 6.07) is 4.29. The van der Waals surface area contributed by atoms with Gasteiger partial charge in [-0.15, -0.1) is 0 Å². The van der Waals surface area contributed by atoms with E-state index in [0.717, 1.165) is 11.1 Å². The van der Waals surface area contributed by atoms with Gasteiger partial charge in [-0.05, 0) is 37.5 Å². The minimum Gasteiger partial charge on any atom is -0.244 e. The Hall–Kier alpha value is -1.41. The van der Waals surface area contributed by atoms with Gasteiger partial charge in [0, 0.05) is 11.8 Å². The predicted molar refractivity (Wildman–Crippen MR) is 66.7 cm³/mol. The number of aromatic nitrogens is 2. The molecule has 1 aromatic carbocycles. The lowest BCUT2D eigenvalue weighted by Gasteiger charge is -2.11. The molecular formula is C13H13ClN2. The second-order valence-electron chi connectivity index (χ2n) is 4.00. The minimum absolute atomic E-state index is 0.505. The lowest BCUT2D eigenvalue weighted by molar-refractivity contribution is 1.16. The lowest BCUT2D eigenvalue weighted by Crippen LogP contribution is -1.93. The summed E-state index contributed by atoms with van der Waals surface area (Å²) in [4.78, 5) is 8.05. The zero-order chi connectivity index (χ0) is 11.7. The van der Waals surface area contributed by atoms with E-state index in [4.69, 9.17) is 11.6 Å². The quantitative estimate of drug-likeness (QED) is 0.701. The predicted octanol–water partition coefficient (Wildman–Crippen LogP) is 3.72. The van der Waals surface area contributed by atoms with E-state index < -0.39 is 0 Å². The molecule has 0 radical (unpaired) electrons. The van der Waals surface area contributed by atoms with E-state index in [2.05, 4.69) is 42.9 Å². The molecule has 16 heavy (non-hydrogen) atoms. The Morgan fingerprint density at radius 1 is 1.06 bits per heavy atom. The third-order valence-corrected chi connectivity index (χ3v) is 2.91. The molecule has 0 saturated heterocycles. The largest absolute Gasteiger partial charge is 0.244 e. The van der Waals surface area contributed by atoms with Crippen LogP contribution >= 0.6 is 11.6 Å². The second kappa shape index (κ2) is 4.22. The van der Waals surface area contributed by atoms with Crippen LogP contribution in [0.2, 0.25) is 5.15 Å². The Balaban J connectivity index is 2.70. The van der Waals surface area contributed by atoms with E-state index in [1.54, 1.807) is 6.20 Å². The molecule has 0 N–H and O–H groups in total. The van der Waals surface area contributed by atoms with Crippen LogP contribution in [0.1, 0.15) is 16.7 Å². The fourth-order valence-corrected chi connectivity index (χ4v) is 2.27. The van der Waals surface area contributed by atoms with E-state index in [1.807, 2.05) is 0 Å². The Morgan fingerprint density at radius 2 is 1.69 bits per heavy atom. The molecule has 2 rings (SSSR count). The number of halogens is 1. The van der Waals surface area contributed by atoms with Gasteiger partial charge in [-0.2, -0.15) is 0 Å². The van der Waals surface area contributed by atoms with Gasteiger partial charge in [0.05, 0.1) is 0 Å². The average Bonchev–Trinajstić information content (AvgIpc) is 2.19. The minimum atomic E-state index is 0.505. The number of rotatable bonds is 1. The summed E-state index contributed by atoms with van der Waals surface area (Å²) < 4.78 is 0. The summed E-state index contributed by atoms with van der Waals surface area (Å²) in [6.45, 7) is 6.25. The van der Waals surface area contributed by atoms with Crippen molar-refractivity contribution in [2.45, 2.75) is 20.8 Å². The maximum absolute atomic E-state index is 6.09. The first kappa shape index (κ1) is 11.1. The van der Waals surface area contributed by atoms with E-state index in [0.29, 0.717) is 5.15 Å². The van der Waals surface area contributed by atoms with Crippen molar-refractivity contribution in [3.63, 3.8) is 0 Å². The van der Waals surface area contributed by atoms with E-state index in [9.17, 15) is 0 Å². The highest BCUT2D eigenvalue weighted by atomic mass is 35.5. The molecule has 1 heterocycles. The highest BCUT2D eigenvalue weighted by molar-refractivity contribution is 6.32. The monoisotopic (exact) mass is 232 g/mol. The van der Waals surface area contributed by atoms with Gasteiger partial charge in [0.2, 0.25) is 0 Å². The third kappa shape index (κ3) is 1.93. The smallest absolute Gasteiger partial charge is 0.140 e. The molecule has 0 atom stereocenters. The Labute approximate surface area is 100 Å². The fourth-order valence-electron chi connectivity index (χ4n) is 2.09. The maximum atomic E-state index is 6.09. The standard InChI is InChI=1S/C13H13ClN2/c1-8-4-9(2)12(10(3)5-8)11-6-15-7-16-13(11)14/h4-7H,1-3H3. The van der Waals surface area contributed by atoms with Crippen LogP contribution in [0.5, 0.6) is 0 Å². The number of aryl methyl sites for hydroxylation is 3. The van der Waals surface area contributed by atoms with Crippen LogP contribution in [-0.4, -0.2) is 9.97 Å². The molecule has 0 aliphatic rings. The molecule has 0 unspecified atom stereocenters. The topological polar surface area (TPSA) is 25.8 Å². The maximum Gasteiger partial charge on any atom is 0.140 e. The molecular weight excluding hydrogens is 220 g/mol. The van der Waals surface area contributed by atoms with Crippen molar-refractivity contribution in [3.8, 4) is 11.1 Å². The Morgan fingerprint density at radius 3 is 2.25 bits per heavy atom. The summed E-state index contributed by atoms with van der Waals surface area (Å²) in [7, 11) is 0. The molecule has 3 heteroatoms. The van der Waals surface area contributed by atoms with Crippen molar-refractivity contribution >= 4 is 11.6 Å². The zero-order valence-electron chi connectivity index (χ0n) is 9.58. The SMILES string of the molecule is Cc1cc(C)c(-c2cncnc2Cl)c(C)c1. The highest BCUT2D eigenvalue weighted by Gasteiger charge is 2.10. The van der Waals surface area contributed by atoms with Gasteiger partial charge >= 0.3 is 0 Å². The van der Waals surface area contributed by atoms with Gasteiger partial charge < -0.3 is 0 Å². The van der Waals surface area contributed by atoms with Gasteiger partial charge in [0.15, 0.2) is 0 Å². The van der Waals surface area contributed by atoms with Gasteiger partial charge in [0.1, 0.15) is 11.5 Å². The molecule has 0 saturated carbocycles. The Kier molecular flexibility index (Phi) is 2.92. The van der Waals surface area contributed by atoms with Crippen LogP contribution in [0.3, 0.4) is 0 Å².